The summed E-state index contributed by atoms with van der Waals surface area (Å²) in [6.07, 6.45) is 1.07. The molecule has 3 aromatic rings. The number of carboxylic acids is 1. The van der Waals surface area contributed by atoms with Crippen molar-refractivity contribution in [2.45, 2.75) is 90.7 Å². The largest absolute Gasteiger partial charge is 0.480 e. The van der Waals surface area contributed by atoms with Crippen molar-refractivity contribution in [1.29, 1.82) is 0 Å². The number of carboxylic acid groups (broad SMARTS) is 1. The lowest BCUT2D eigenvalue weighted by atomic mass is 9.94. The lowest BCUT2D eigenvalue weighted by Crippen LogP contribution is -2.57. The van der Waals surface area contributed by atoms with Gasteiger partial charge < -0.3 is 24.4 Å². The van der Waals surface area contributed by atoms with Crippen LogP contribution in [-0.4, -0.2) is 72.5 Å². The number of carbonyl (C=O) groups excluding carboxylic acids is 1. The molecule has 2 unspecified atom stereocenters. The number of amides is 1. The van der Waals surface area contributed by atoms with Gasteiger partial charge in [0.05, 0.1) is 17.9 Å². The summed E-state index contributed by atoms with van der Waals surface area (Å²) < 4.78 is 14.4. The topological polar surface area (TPSA) is 131 Å². The quantitative estimate of drug-likeness (QED) is 0.492. The highest BCUT2D eigenvalue weighted by Crippen LogP contribution is 2.38. The maximum Gasteiger partial charge on any atom is 0.410 e. The zero-order valence-electron chi connectivity index (χ0n) is 25.0. The van der Waals surface area contributed by atoms with Crippen molar-refractivity contribution < 1.29 is 24.2 Å². The number of hydrogen-bond acceptors (Lipinski definition) is 8. The molecule has 224 valence electrons. The minimum Gasteiger partial charge on any atom is -0.480 e. The molecule has 0 spiro atoms. The molecule has 0 saturated carbocycles. The number of carbonyl (C=O) groups is 2. The minimum atomic E-state index is -0.978. The van der Waals surface area contributed by atoms with Crippen molar-refractivity contribution in [2.24, 2.45) is 0 Å². The van der Waals surface area contributed by atoms with E-state index in [1.54, 1.807) is 9.47 Å². The molecule has 0 aliphatic carbocycles. The second-order valence-electron chi connectivity index (χ2n) is 12.9. The molecule has 42 heavy (non-hydrogen) atoms. The molecule has 1 saturated heterocycles. The van der Waals surface area contributed by atoms with Crippen LogP contribution in [0.4, 0.5) is 10.5 Å². The Morgan fingerprint density at radius 3 is 2.67 bits per heavy atom. The molecule has 5 heterocycles. The average molecular weight is 579 g/mol. The van der Waals surface area contributed by atoms with E-state index in [4.69, 9.17) is 14.5 Å². The molecule has 0 bridgehead atoms. The van der Waals surface area contributed by atoms with Crippen LogP contribution >= 0.6 is 0 Å². The van der Waals surface area contributed by atoms with Crippen LogP contribution in [0.2, 0.25) is 0 Å². The van der Waals surface area contributed by atoms with Gasteiger partial charge in [0.25, 0.3) is 5.56 Å². The first-order valence-electron chi connectivity index (χ1n) is 14.6. The Bertz CT molecular complexity index is 1650. The predicted octanol–water partition coefficient (Wildman–Crippen LogP) is 3.73. The Hall–Kier alpha value is -3.93. The Morgan fingerprint density at radius 1 is 1.21 bits per heavy atom. The molecule has 3 aliphatic heterocycles. The third-order valence-electron chi connectivity index (χ3n) is 8.51. The van der Waals surface area contributed by atoms with Gasteiger partial charge in [0.1, 0.15) is 17.3 Å². The fourth-order valence-corrected chi connectivity index (χ4v) is 6.44. The molecular formula is C30H38N6O6. The Morgan fingerprint density at radius 2 is 1.98 bits per heavy atom. The van der Waals surface area contributed by atoms with E-state index < -0.39 is 17.6 Å². The average Bonchev–Trinajstić information content (AvgIpc) is 3.63. The number of piperazine rings is 1. The van der Waals surface area contributed by atoms with Crippen LogP contribution in [0.1, 0.15) is 77.2 Å². The monoisotopic (exact) mass is 578 g/mol. The van der Waals surface area contributed by atoms with Gasteiger partial charge in [-0.1, -0.05) is 19.1 Å². The van der Waals surface area contributed by atoms with Gasteiger partial charge in [0.2, 0.25) is 5.78 Å². The number of rotatable bonds is 4. The van der Waals surface area contributed by atoms with Crippen LogP contribution in [0.15, 0.2) is 23.0 Å². The van der Waals surface area contributed by atoms with Gasteiger partial charge in [-0.2, -0.15) is 9.50 Å². The number of aromatic nitrogens is 4. The van der Waals surface area contributed by atoms with Crippen LogP contribution in [-0.2, 0) is 32.9 Å². The Labute approximate surface area is 243 Å². The predicted molar refractivity (Wildman–Crippen MR) is 155 cm³/mol. The number of aliphatic carboxylic acids is 1. The van der Waals surface area contributed by atoms with Crippen molar-refractivity contribution >= 4 is 23.5 Å². The molecule has 12 nitrogen and oxygen atoms in total. The van der Waals surface area contributed by atoms with Crippen molar-refractivity contribution in [3.8, 4) is 11.4 Å². The summed E-state index contributed by atoms with van der Waals surface area (Å²) >= 11 is 0. The Kier molecular flexibility index (Phi) is 6.60. The Balaban J connectivity index is 1.44. The molecule has 3 aliphatic rings. The summed E-state index contributed by atoms with van der Waals surface area (Å²) in [4.78, 5) is 47.8. The molecule has 1 N–H and O–H groups in total. The van der Waals surface area contributed by atoms with Gasteiger partial charge in [0, 0.05) is 31.2 Å². The molecule has 2 atom stereocenters. The zero-order chi connectivity index (χ0) is 30.1. The van der Waals surface area contributed by atoms with E-state index in [0.717, 1.165) is 16.7 Å². The third-order valence-corrected chi connectivity index (χ3v) is 8.51. The summed E-state index contributed by atoms with van der Waals surface area (Å²) in [5, 5.41) is 14.7. The molecule has 1 aromatic carbocycles. The third kappa shape index (κ3) is 4.61. The maximum absolute atomic E-state index is 14.2. The van der Waals surface area contributed by atoms with Gasteiger partial charge in [-0.15, -0.1) is 5.10 Å². The number of fused-ring (bicyclic) bond motifs is 4. The van der Waals surface area contributed by atoms with Crippen LogP contribution in [0.3, 0.4) is 0 Å². The van der Waals surface area contributed by atoms with Crippen LogP contribution in [0.5, 0.6) is 0 Å². The van der Waals surface area contributed by atoms with E-state index in [0.29, 0.717) is 62.7 Å². The normalized spacial score (nSPS) is 21.5. The number of anilines is 1. The van der Waals surface area contributed by atoms with Gasteiger partial charge in [-0.3, -0.25) is 9.36 Å². The second-order valence-corrected chi connectivity index (χ2v) is 12.9. The molecule has 6 rings (SSSR count). The number of nitrogens with zero attached hydrogens (tertiary/aromatic N) is 6. The SMILES string of the molecule is CCC1CN(C(=O)OC(C)(C)C)CCN1c1c2n(c3nc(-c4ccc5c(c4)COC5(C)C)nn3c1=O)C(C(=O)O)CC2. The first-order chi connectivity index (χ1) is 19.8. The number of ether oxygens (including phenoxy) is 2. The van der Waals surface area contributed by atoms with E-state index in [-0.39, 0.29) is 29.1 Å². The molecule has 1 fully saturated rings. The summed E-state index contributed by atoms with van der Waals surface area (Å²) in [5.74, 6) is -0.408. The summed E-state index contributed by atoms with van der Waals surface area (Å²) in [6, 6.07) is 4.87. The molecular weight excluding hydrogens is 540 g/mol. The second kappa shape index (κ2) is 9.82. The number of benzene rings is 1. The van der Waals surface area contributed by atoms with Gasteiger partial charge >= 0.3 is 12.1 Å². The highest BCUT2D eigenvalue weighted by molar-refractivity contribution is 5.75. The van der Waals surface area contributed by atoms with Crippen LogP contribution in [0, 0.1) is 0 Å². The minimum absolute atomic E-state index is 0.159. The van der Waals surface area contributed by atoms with Crippen molar-refractivity contribution in [2.75, 3.05) is 24.5 Å². The van der Waals surface area contributed by atoms with E-state index in [2.05, 4.69) is 5.10 Å². The fourth-order valence-electron chi connectivity index (χ4n) is 6.44. The molecule has 2 aromatic heterocycles. The van der Waals surface area contributed by atoms with Crippen LogP contribution in [0.25, 0.3) is 17.2 Å². The zero-order valence-corrected chi connectivity index (χ0v) is 25.0. The summed E-state index contributed by atoms with van der Waals surface area (Å²) in [7, 11) is 0. The van der Waals surface area contributed by atoms with E-state index >= 15 is 0 Å². The van der Waals surface area contributed by atoms with Gasteiger partial charge in [-0.05, 0) is 71.1 Å². The van der Waals surface area contributed by atoms with E-state index in [1.165, 1.54) is 4.52 Å². The summed E-state index contributed by atoms with van der Waals surface area (Å²) in [5.41, 5.74) is 2.61. The first kappa shape index (κ1) is 28.2. The standard InChI is InChI=1S/C30H38N6O6/c1-7-19-15-33(28(40)42-29(2,3)4)12-13-34(19)23-21-10-11-22(26(38)39)35(21)27-31-24(32-36(27)25(23)37)17-8-9-20-18(14-17)16-41-30(20,5)6/h8-9,14,19,22H,7,10-13,15-16H2,1-6H3,(H,38,39). The van der Waals surface area contributed by atoms with E-state index in [9.17, 15) is 19.5 Å². The highest BCUT2D eigenvalue weighted by atomic mass is 16.6. The fraction of sp³-hybridized carbons (Fsp3) is 0.567. The van der Waals surface area contributed by atoms with Crippen LogP contribution < -0.4 is 10.5 Å². The van der Waals surface area contributed by atoms with Crippen molar-refractivity contribution in [1.82, 2.24) is 24.1 Å². The lowest BCUT2D eigenvalue weighted by molar-refractivity contribution is -0.140. The van der Waals surface area contributed by atoms with Crippen molar-refractivity contribution in [3.05, 3.63) is 45.4 Å². The lowest BCUT2D eigenvalue weighted by Gasteiger charge is -2.42. The number of hydrogen-bond donors (Lipinski definition) is 1. The van der Waals surface area contributed by atoms with Crippen molar-refractivity contribution in [3.63, 3.8) is 0 Å². The van der Waals surface area contributed by atoms with Gasteiger partial charge in [-0.25, -0.2) is 9.59 Å². The first-order valence-corrected chi connectivity index (χ1v) is 14.6. The molecule has 1 amide bonds. The molecule has 0 radical (unpaired) electrons. The van der Waals surface area contributed by atoms with E-state index in [1.807, 2.05) is 64.6 Å². The summed E-state index contributed by atoms with van der Waals surface area (Å²) in [6.45, 7) is 13.2. The van der Waals surface area contributed by atoms with Gasteiger partial charge in [0.15, 0.2) is 5.82 Å². The maximum atomic E-state index is 14.2. The smallest absolute Gasteiger partial charge is 0.410 e. The molecule has 12 heteroatoms. The highest BCUT2D eigenvalue weighted by Gasteiger charge is 2.39.